The summed E-state index contributed by atoms with van der Waals surface area (Å²) in [5.74, 6) is 0. The van der Waals surface area contributed by atoms with E-state index in [0.29, 0.717) is 21.7 Å². The molecule has 1 aromatic heterocycles. The lowest BCUT2D eigenvalue weighted by Crippen LogP contribution is -2.00. The van der Waals surface area contributed by atoms with Crippen molar-refractivity contribution in [2.45, 2.75) is 6.54 Å². The van der Waals surface area contributed by atoms with Gasteiger partial charge in [-0.1, -0.05) is 34.8 Å². The third kappa shape index (κ3) is 3.50. The van der Waals surface area contributed by atoms with E-state index in [1.165, 1.54) is 0 Å². The van der Waals surface area contributed by atoms with Crippen LogP contribution in [0.25, 0.3) is 0 Å². The van der Waals surface area contributed by atoms with Crippen LogP contribution in [-0.4, -0.2) is 4.98 Å². The van der Waals surface area contributed by atoms with Gasteiger partial charge in [-0.25, -0.2) is 4.98 Å². The van der Waals surface area contributed by atoms with Crippen LogP contribution >= 0.6 is 34.8 Å². The molecule has 0 amide bonds. The van der Waals surface area contributed by atoms with E-state index in [9.17, 15) is 0 Å². The van der Waals surface area contributed by atoms with Crippen molar-refractivity contribution in [3.8, 4) is 0 Å². The van der Waals surface area contributed by atoms with Gasteiger partial charge in [-0.3, -0.25) is 0 Å². The molecule has 0 unspecified atom stereocenters. The lowest BCUT2D eigenvalue weighted by atomic mass is 10.2. The maximum atomic E-state index is 6.05. The van der Waals surface area contributed by atoms with Gasteiger partial charge < -0.3 is 5.32 Å². The second kappa shape index (κ2) is 5.58. The molecular weight excluding hydrogens is 279 g/mol. The summed E-state index contributed by atoms with van der Waals surface area (Å²) >= 11 is 17.7. The molecule has 1 aromatic carbocycles. The highest BCUT2D eigenvalue weighted by molar-refractivity contribution is 6.33. The predicted molar refractivity (Wildman–Crippen MR) is 73.0 cm³/mol. The molecule has 88 valence electrons. The summed E-state index contributed by atoms with van der Waals surface area (Å²) in [7, 11) is 0. The molecule has 0 spiro atoms. The van der Waals surface area contributed by atoms with E-state index in [2.05, 4.69) is 10.3 Å². The zero-order chi connectivity index (χ0) is 12.3. The molecule has 0 aliphatic carbocycles. The van der Waals surface area contributed by atoms with E-state index >= 15 is 0 Å². The number of hydrogen-bond acceptors (Lipinski definition) is 2. The standard InChI is InChI=1S/C12H9Cl3N2/c13-9-1-3-11(14)8(5-9)6-16-10-2-4-12(15)17-7-10/h1-5,7,16H,6H2. The van der Waals surface area contributed by atoms with Crippen LogP contribution < -0.4 is 5.32 Å². The molecule has 1 heterocycles. The van der Waals surface area contributed by atoms with Crippen LogP contribution in [0.5, 0.6) is 0 Å². The number of benzene rings is 1. The van der Waals surface area contributed by atoms with Gasteiger partial charge in [-0.15, -0.1) is 0 Å². The highest BCUT2D eigenvalue weighted by Gasteiger charge is 2.01. The van der Waals surface area contributed by atoms with Crippen LogP contribution in [0.1, 0.15) is 5.56 Å². The normalized spacial score (nSPS) is 10.3. The van der Waals surface area contributed by atoms with Crippen LogP contribution in [-0.2, 0) is 6.54 Å². The molecule has 0 aliphatic heterocycles. The molecular formula is C12H9Cl3N2. The molecule has 0 saturated heterocycles. The largest absolute Gasteiger partial charge is 0.380 e. The minimum absolute atomic E-state index is 0.469. The first-order valence-electron chi connectivity index (χ1n) is 4.94. The Bertz CT molecular complexity index is 512. The lowest BCUT2D eigenvalue weighted by molar-refractivity contribution is 1.14. The molecule has 1 N–H and O–H groups in total. The van der Waals surface area contributed by atoms with Crippen molar-refractivity contribution in [2.75, 3.05) is 5.32 Å². The Morgan fingerprint density at radius 2 is 1.88 bits per heavy atom. The number of anilines is 1. The van der Waals surface area contributed by atoms with Crippen LogP contribution in [0.15, 0.2) is 36.5 Å². The van der Waals surface area contributed by atoms with Crippen LogP contribution in [0, 0.1) is 0 Å². The second-order valence-corrected chi connectivity index (χ2v) is 4.69. The molecule has 5 heteroatoms. The molecule has 0 saturated carbocycles. The molecule has 0 radical (unpaired) electrons. The maximum absolute atomic E-state index is 6.05. The first-order valence-corrected chi connectivity index (χ1v) is 6.08. The molecule has 2 aromatic rings. The Morgan fingerprint density at radius 3 is 2.59 bits per heavy atom. The number of pyridine rings is 1. The quantitative estimate of drug-likeness (QED) is 0.831. The number of nitrogens with zero attached hydrogens (tertiary/aromatic N) is 1. The van der Waals surface area contributed by atoms with Crippen molar-refractivity contribution in [1.82, 2.24) is 4.98 Å². The van der Waals surface area contributed by atoms with E-state index in [0.717, 1.165) is 11.3 Å². The highest BCUT2D eigenvalue weighted by Crippen LogP contribution is 2.21. The first-order chi connectivity index (χ1) is 8.15. The number of rotatable bonds is 3. The number of hydrogen-bond donors (Lipinski definition) is 1. The van der Waals surface area contributed by atoms with E-state index < -0.39 is 0 Å². The summed E-state index contributed by atoms with van der Waals surface area (Å²) in [5, 5.41) is 5.01. The third-order valence-electron chi connectivity index (χ3n) is 2.22. The van der Waals surface area contributed by atoms with Crippen molar-refractivity contribution in [1.29, 1.82) is 0 Å². The molecule has 0 fully saturated rings. The maximum Gasteiger partial charge on any atom is 0.129 e. The Morgan fingerprint density at radius 1 is 1.06 bits per heavy atom. The Balaban J connectivity index is 2.07. The fraction of sp³-hybridized carbons (Fsp3) is 0.0833. The van der Waals surface area contributed by atoms with Crippen molar-refractivity contribution >= 4 is 40.5 Å². The fourth-order valence-electron chi connectivity index (χ4n) is 1.36. The van der Waals surface area contributed by atoms with E-state index in [-0.39, 0.29) is 0 Å². The highest BCUT2D eigenvalue weighted by atomic mass is 35.5. The number of nitrogens with one attached hydrogen (secondary N) is 1. The van der Waals surface area contributed by atoms with Gasteiger partial charge >= 0.3 is 0 Å². The van der Waals surface area contributed by atoms with Gasteiger partial charge in [0.1, 0.15) is 5.15 Å². The van der Waals surface area contributed by atoms with E-state index in [4.69, 9.17) is 34.8 Å². The minimum atomic E-state index is 0.469. The summed E-state index contributed by atoms with van der Waals surface area (Å²) in [6.45, 7) is 0.586. The van der Waals surface area contributed by atoms with Gasteiger partial charge in [0.05, 0.1) is 11.9 Å². The Labute approximate surface area is 115 Å². The van der Waals surface area contributed by atoms with Crippen LogP contribution in [0.3, 0.4) is 0 Å². The van der Waals surface area contributed by atoms with Crippen molar-refractivity contribution in [3.63, 3.8) is 0 Å². The van der Waals surface area contributed by atoms with Gasteiger partial charge in [0, 0.05) is 16.6 Å². The summed E-state index contributed by atoms with van der Waals surface area (Å²) < 4.78 is 0. The molecule has 2 nitrogen and oxygen atoms in total. The van der Waals surface area contributed by atoms with Gasteiger partial charge in [-0.05, 0) is 35.9 Å². The van der Waals surface area contributed by atoms with Gasteiger partial charge in [0.2, 0.25) is 0 Å². The lowest BCUT2D eigenvalue weighted by Gasteiger charge is -2.08. The summed E-state index contributed by atoms with van der Waals surface area (Å²) in [6.07, 6.45) is 1.67. The molecule has 17 heavy (non-hydrogen) atoms. The topological polar surface area (TPSA) is 24.9 Å². The SMILES string of the molecule is Clc1ccc(Cl)c(CNc2ccc(Cl)nc2)c1. The average Bonchev–Trinajstić information content (AvgIpc) is 2.32. The first kappa shape index (κ1) is 12.5. The minimum Gasteiger partial charge on any atom is -0.380 e. The zero-order valence-corrected chi connectivity index (χ0v) is 11.0. The summed E-state index contributed by atoms with van der Waals surface area (Å²) in [4.78, 5) is 3.98. The third-order valence-corrected chi connectivity index (χ3v) is 3.05. The molecule has 2 rings (SSSR count). The van der Waals surface area contributed by atoms with Gasteiger partial charge in [-0.2, -0.15) is 0 Å². The van der Waals surface area contributed by atoms with Gasteiger partial charge in [0.15, 0.2) is 0 Å². The number of aromatic nitrogens is 1. The fourth-order valence-corrected chi connectivity index (χ4v) is 1.85. The van der Waals surface area contributed by atoms with Crippen molar-refractivity contribution in [3.05, 3.63) is 57.3 Å². The van der Waals surface area contributed by atoms with Crippen molar-refractivity contribution < 1.29 is 0 Å². The zero-order valence-electron chi connectivity index (χ0n) is 8.75. The smallest absolute Gasteiger partial charge is 0.129 e. The summed E-state index contributed by atoms with van der Waals surface area (Å²) in [5.41, 5.74) is 1.82. The number of halogens is 3. The Hall–Kier alpha value is -0.960. The molecule has 0 atom stereocenters. The molecule has 0 bridgehead atoms. The van der Waals surface area contributed by atoms with Crippen LogP contribution in [0.2, 0.25) is 15.2 Å². The average molecular weight is 288 g/mol. The van der Waals surface area contributed by atoms with Gasteiger partial charge in [0.25, 0.3) is 0 Å². The second-order valence-electron chi connectivity index (χ2n) is 3.46. The predicted octanol–water partition coefficient (Wildman–Crippen LogP) is 4.65. The Kier molecular flexibility index (Phi) is 4.11. The summed E-state index contributed by atoms with van der Waals surface area (Å²) in [6, 6.07) is 8.95. The molecule has 0 aliphatic rings. The van der Waals surface area contributed by atoms with E-state index in [1.54, 1.807) is 24.4 Å². The van der Waals surface area contributed by atoms with E-state index in [1.807, 2.05) is 12.1 Å². The monoisotopic (exact) mass is 286 g/mol. The van der Waals surface area contributed by atoms with Crippen molar-refractivity contribution in [2.24, 2.45) is 0 Å². The van der Waals surface area contributed by atoms with Crippen LogP contribution in [0.4, 0.5) is 5.69 Å².